The van der Waals surface area contributed by atoms with E-state index in [1.165, 1.54) is 0 Å². The van der Waals surface area contributed by atoms with Gasteiger partial charge in [-0.15, -0.1) is 0 Å². The van der Waals surface area contributed by atoms with Crippen molar-refractivity contribution in [3.63, 3.8) is 0 Å². The number of aromatic nitrogens is 5. The van der Waals surface area contributed by atoms with Gasteiger partial charge in [0.1, 0.15) is 0 Å². The lowest BCUT2D eigenvalue weighted by atomic mass is 10.1. The third-order valence-corrected chi connectivity index (χ3v) is 3.95. The number of hydrogen-bond acceptors (Lipinski definition) is 4. The van der Waals surface area contributed by atoms with E-state index in [9.17, 15) is 4.79 Å². The van der Waals surface area contributed by atoms with Crippen LogP contribution in [0.1, 0.15) is 48.1 Å². The first-order valence-electron chi connectivity index (χ1n) is 7.71. The van der Waals surface area contributed by atoms with E-state index in [0.29, 0.717) is 12.1 Å². The van der Waals surface area contributed by atoms with Crippen LogP contribution in [-0.2, 0) is 6.54 Å². The van der Waals surface area contributed by atoms with Crippen LogP contribution in [0.25, 0.3) is 11.0 Å². The van der Waals surface area contributed by atoms with Gasteiger partial charge in [0, 0.05) is 11.9 Å². The Morgan fingerprint density at radius 3 is 3.00 bits per heavy atom. The average Bonchev–Trinajstić information content (AvgIpc) is 3.20. The summed E-state index contributed by atoms with van der Waals surface area (Å²) in [5.74, 6) is -0.140. The lowest BCUT2D eigenvalue weighted by Gasteiger charge is -2.11. The van der Waals surface area contributed by atoms with E-state index in [0.717, 1.165) is 28.8 Å². The Bertz CT molecular complexity index is 821. The zero-order chi connectivity index (χ0) is 16.4. The molecule has 3 heterocycles. The van der Waals surface area contributed by atoms with E-state index < -0.39 is 0 Å². The van der Waals surface area contributed by atoms with Crippen LogP contribution in [0.3, 0.4) is 0 Å². The quantitative estimate of drug-likeness (QED) is 0.757. The average molecular weight is 312 g/mol. The fourth-order valence-corrected chi connectivity index (χ4v) is 2.48. The van der Waals surface area contributed by atoms with Crippen LogP contribution in [0, 0.1) is 6.92 Å². The summed E-state index contributed by atoms with van der Waals surface area (Å²) in [6.45, 7) is 6.49. The van der Waals surface area contributed by atoms with Crippen molar-refractivity contribution in [3.8, 4) is 0 Å². The van der Waals surface area contributed by atoms with Crippen LogP contribution >= 0.6 is 0 Å². The number of carbonyl (C=O) groups is 1. The molecule has 0 saturated carbocycles. The van der Waals surface area contributed by atoms with Gasteiger partial charge in [-0.25, -0.2) is 9.67 Å². The van der Waals surface area contributed by atoms with Crippen molar-refractivity contribution in [2.75, 3.05) is 0 Å². The molecule has 0 aliphatic rings. The van der Waals surface area contributed by atoms with Gasteiger partial charge in [-0.05, 0) is 32.4 Å². The van der Waals surface area contributed by atoms with E-state index in [1.807, 2.05) is 17.7 Å². The minimum atomic E-state index is -0.140. The molecule has 0 spiro atoms. The molecule has 7 nitrogen and oxygen atoms in total. The number of fused-ring (bicyclic) bond motifs is 1. The molecule has 0 unspecified atom stereocenters. The number of aromatic amines is 1. The van der Waals surface area contributed by atoms with E-state index in [-0.39, 0.29) is 11.9 Å². The number of rotatable bonds is 5. The molecule has 7 heteroatoms. The molecule has 1 atom stereocenters. The lowest BCUT2D eigenvalue weighted by molar-refractivity contribution is 0.0952. The summed E-state index contributed by atoms with van der Waals surface area (Å²) < 4.78 is 1.88. The minimum Gasteiger partial charge on any atom is -0.346 e. The Morgan fingerprint density at radius 1 is 1.48 bits per heavy atom. The standard InChI is InChI=1S/C16H20N6O/c1-4-11(3)22-15-14(9-19-22)13(7-10(2)20-15)16(23)17-8-12-5-6-18-21-12/h5-7,9,11H,4,8H2,1-3H3,(H,17,23)(H,18,21)/t11-/m1/s1. The second kappa shape index (κ2) is 6.20. The first-order valence-corrected chi connectivity index (χ1v) is 7.71. The molecule has 0 aliphatic carbocycles. The number of nitrogens with one attached hydrogen (secondary N) is 2. The largest absolute Gasteiger partial charge is 0.346 e. The molecule has 0 bridgehead atoms. The molecule has 120 valence electrons. The zero-order valence-electron chi connectivity index (χ0n) is 13.5. The van der Waals surface area contributed by atoms with Crippen molar-refractivity contribution in [3.05, 3.63) is 41.5 Å². The van der Waals surface area contributed by atoms with Crippen LogP contribution in [0.5, 0.6) is 0 Å². The van der Waals surface area contributed by atoms with Gasteiger partial charge in [-0.2, -0.15) is 10.2 Å². The third-order valence-electron chi connectivity index (χ3n) is 3.95. The van der Waals surface area contributed by atoms with Gasteiger partial charge < -0.3 is 5.32 Å². The molecule has 3 aromatic rings. The van der Waals surface area contributed by atoms with Gasteiger partial charge in [0.25, 0.3) is 5.91 Å². The summed E-state index contributed by atoms with van der Waals surface area (Å²) in [5.41, 5.74) is 3.01. The van der Waals surface area contributed by atoms with Gasteiger partial charge in [-0.1, -0.05) is 6.92 Å². The maximum Gasteiger partial charge on any atom is 0.252 e. The highest BCUT2D eigenvalue weighted by Gasteiger charge is 2.17. The third kappa shape index (κ3) is 2.94. The van der Waals surface area contributed by atoms with Crippen molar-refractivity contribution in [1.29, 1.82) is 0 Å². The molecular weight excluding hydrogens is 292 g/mol. The molecule has 0 radical (unpaired) electrons. The number of amides is 1. The number of hydrogen-bond donors (Lipinski definition) is 2. The Labute approximate surface area is 134 Å². The molecule has 1 amide bonds. The zero-order valence-corrected chi connectivity index (χ0v) is 13.5. The highest BCUT2D eigenvalue weighted by atomic mass is 16.1. The van der Waals surface area contributed by atoms with Crippen molar-refractivity contribution in [1.82, 2.24) is 30.3 Å². The first-order chi connectivity index (χ1) is 11.1. The summed E-state index contributed by atoms with van der Waals surface area (Å²) in [7, 11) is 0. The fraction of sp³-hybridized carbons (Fsp3) is 0.375. The highest BCUT2D eigenvalue weighted by Crippen LogP contribution is 2.22. The van der Waals surface area contributed by atoms with Gasteiger partial charge in [0.2, 0.25) is 0 Å². The second-order valence-corrected chi connectivity index (χ2v) is 5.66. The summed E-state index contributed by atoms with van der Waals surface area (Å²) in [5, 5.41) is 14.8. The predicted molar refractivity (Wildman–Crippen MR) is 87.0 cm³/mol. The Morgan fingerprint density at radius 2 is 2.30 bits per heavy atom. The molecule has 3 rings (SSSR count). The molecule has 23 heavy (non-hydrogen) atoms. The maximum atomic E-state index is 12.5. The fourth-order valence-electron chi connectivity index (χ4n) is 2.48. The van der Waals surface area contributed by atoms with Gasteiger partial charge in [0.05, 0.1) is 35.4 Å². The smallest absolute Gasteiger partial charge is 0.252 e. The van der Waals surface area contributed by atoms with Crippen molar-refractivity contribution in [2.45, 2.75) is 39.8 Å². The van der Waals surface area contributed by atoms with E-state index >= 15 is 0 Å². The molecule has 0 fully saturated rings. The first kappa shape index (κ1) is 15.2. The minimum absolute atomic E-state index is 0.140. The number of nitrogens with zero attached hydrogens (tertiary/aromatic N) is 4. The van der Waals surface area contributed by atoms with E-state index in [2.05, 4.69) is 39.4 Å². The predicted octanol–water partition coefficient (Wildman–Crippen LogP) is 2.36. The molecule has 2 N–H and O–H groups in total. The Hall–Kier alpha value is -2.70. The molecule has 0 aliphatic heterocycles. The molecular formula is C16H20N6O. The highest BCUT2D eigenvalue weighted by molar-refractivity contribution is 6.05. The Balaban J connectivity index is 1.93. The maximum absolute atomic E-state index is 12.5. The molecule has 3 aromatic heterocycles. The van der Waals surface area contributed by atoms with Crippen molar-refractivity contribution >= 4 is 16.9 Å². The van der Waals surface area contributed by atoms with Gasteiger partial charge >= 0.3 is 0 Å². The number of aryl methyl sites for hydroxylation is 1. The van der Waals surface area contributed by atoms with Crippen molar-refractivity contribution < 1.29 is 4.79 Å². The number of H-pyrrole nitrogens is 1. The van der Waals surface area contributed by atoms with Crippen LogP contribution in [-0.4, -0.2) is 30.9 Å². The topological polar surface area (TPSA) is 88.5 Å². The van der Waals surface area contributed by atoms with E-state index in [4.69, 9.17) is 0 Å². The normalized spacial score (nSPS) is 12.5. The van der Waals surface area contributed by atoms with Crippen LogP contribution < -0.4 is 5.32 Å². The molecule has 0 aromatic carbocycles. The van der Waals surface area contributed by atoms with Crippen LogP contribution in [0.2, 0.25) is 0 Å². The monoisotopic (exact) mass is 312 g/mol. The van der Waals surface area contributed by atoms with Crippen molar-refractivity contribution in [2.24, 2.45) is 0 Å². The summed E-state index contributed by atoms with van der Waals surface area (Å²) in [6, 6.07) is 3.87. The second-order valence-electron chi connectivity index (χ2n) is 5.66. The SMILES string of the molecule is CC[C@@H](C)n1ncc2c(C(=O)NCc3ccn[nH]3)cc(C)nc21. The van der Waals surface area contributed by atoms with Gasteiger partial charge in [0.15, 0.2) is 5.65 Å². The Kier molecular flexibility index (Phi) is 4.10. The van der Waals surface area contributed by atoms with Crippen LogP contribution in [0.15, 0.2) is 24.5 Å². The number of pyridine rings is 1. The number of carbonyl (C=O) groups excluding carboxylic acids is 1. The molecule has 0 saturated heterocycles. The van der Waals surface area contributed by atoms with Crippen LogP contribution in [0.4, 0.5) is 0 Å². The van der Waals surface area contributed by atoms with E-state index in [1.54, 1.807) is 18.5 Å². The summed E-state index contributed by atoms with van der Waals surface area (Å²) in [6.07, 6.45) is 4.33. The van der Waals surface area contributed by atoms with Gasteiger partial charge in [-0.3, -0.25) is 9.89 Å². The summed E-state index contributed by atoms with van der Waals surface area (Å²) in [4.78, 5) is 17.1. The lowest BCUT2D eigenvalue weighted by Crippen LogP contribution is -2.23. The summed E-state index contributed by atoms with van der Waals surface area (Å²) >= 11 is 0.